The summed E-state index contributed by atoms with van der Waals surface area (Å²) in [6.45, 7) is 2.31. The van der Waals surface area contributed by atoms with Crippen LogP contribution >= 0.6 is 24.0 Å². The van der Waals surface area contributed by atoms with E-state index in [0.29, 0.717) is 29.6 Å². The first-order chi connectivity index (χ1) is 14.0. The molecule has 1 aliphatic heterocycles. The highest BCUT2D eigenvalue weighted by atomic mass is 32.2. The molecule has 1 aliphatic rings. The van der Waals surface area contributed by atoms with Crippen LogP contribution in [0.25, 0.3) is 6.08 Å². The predicted octanol–water partition coefficient (Wildman–Crippen LogP) is 3.95. The van der Waals surface area contributed by atoms with Crippen LogP contribution in [-0.2, 0) is 16.2 Å². The summed E-state index contributed by atoms with van der Waals surface area (Å²) in [6, 6.07) is 15.2. The van der Waals surface area contributed by atoms with Crippen molar-refractivity contribution >= 4 is 46.3 Å². The molecule has 0 saturated carbocycles. The fraction of sp³-hybridized carbons (Fsp3) is 0.190. The van der Waals surface area contributed by atoms with Gasteiger partial charge in [-0.15, -0.1) is 0 Å². The maximum Gasteiger partial charge on any atom is 0.323 e. The topological polar surface area (TPSA) is 76.1 Å². The largest absolute Gasteiger partial charge is 0.490 e. The molecule has 2 aromatic carbocycles. The third kappa shape index (κ3) is 5.36. The molecule has 0 bridgehead atoms. The number of thioether (sulfide) groups is 1. The highest BCUT2D eigenvalue weighted by Gasteiger charge is 2.33. The van der Waals surface area contributed by atoms with Gasteiger partial charge >= 0.3 is 5.97 Å². The highest BCUT2D eigenvalue weighted by Crippen LogP contribution is 2.35. The molecule has 1 heterocycles. The Hall–Kier alpha value is -2.84. The summed E-state index contributed by atoms with van der Waals surface area (Å²) in [5.41, 5.74) is 1.78. The minimum atomic E-state index is -1.11. The van der Waals surface area contributed by atoms with Crippen molar-refractivity contribution in [3.8, 4) is 11.5 Å². The van der Waals surface area contributed by atoms with E-state index in [9.17, 15) is 9.59 Å². The summed E-state index contributed by atoms with van der Waals surface area (Å²) in [5, 5.41) is 8.93. The Morgan fingerprint density at radius 1 is 1.17 bits per heavy atom. The van der Waals surface area contributed by atoms with Gasteiger partial charge in [0.15, 0.2) is 11.5 Å². The van der Waals surface area contributed by atoms with Crippen LogP contribution in [0.4, 0.5) is 0 Å². The van der Waals surface area contributed by atoms with Crippen LogP contribution in [0, 0.1) is 0 Å². The summed E-state index contributed by atoms with van der Waals surface area (Å²) in [7, 11) is 0. The number of carboxylic acid groups (broad SMARTS) is 1. The Morgan fingerprint density at radius 3 is 2.62 bits per heavy atom. The van der Waals surface area contributed by atoms with Crippen molar-refractivity contribution in [2.45, 2.75) is 13.5 Å². The average molecular weight is 430 g/mol. The summed E-state index contributed by atoms with van der Waals surface area (Å²) in [6.07, 6.45) is 1.67. The number of carbonyl (C=O) groups is 2. The van der Waals surface area contributed by atoms with Crippen molar-refractivity contribution in [2.75, 3.05) is 13.2 Å². The minimum Gasteiger partial charge on any atom is -0.490 e. The van der Waals surface area contributed by atoms with Crippen LogP contribution in [0.3, 0.4) is 0 Å². The number of benzene rings is 2. The van der Waals surface area contributed by atoms with Crippen molar-refractivity contribution < 1.29 is 24.2 Å². The number of hydrogen-bond acceptors (Lipinski definition) is 6. The van der Waals surface area contributed by atoms with Crippen molar-refractivity contribution in [1.82, 2.24) is 4.90 Å². The van der Waals surface area contributed by atoms with Gasteiger partial charge in [-0.25, -0.2) is 0 Å². The van der Waals surface area contributed by atoms with E-state index in [1.807, 2.05) is 43.3 Å². The molecule has 0 aromatic heterocycles. The van der Waals surface area contributed by atoms with Gasteiger partial charge < -0.3 is 14.6 Å². The van der Waals surface area contributed by atoms with Crippen molar-refractivity contribution in [1.29, 1.82) is 0 Å². The molecule has 3 rings (SSSR count). The van der Waals surface area contributed by atoms with Crippen molar-refractivity contribution in [3.63, 3.8) is 0 Å². The number of thiocarbonyl (C=S) groups is 1. The molecular formula is C21H19NO5S2. The molecule has 0 unspecified atom stereocenters. The molecule has 1 N–H and O–H groups in total. The van der Waals surface area contributed by atoms with E-state index in [1.165, 1.54) is 0 Å². The molecule has 0 radical (unpaired) electrons. The molecule has 0 aliphatic carbocycles. The lowest BCUT2D eigenvalue weighted by molar-refractivity contribution is -0.140. The van der Waals surface area contributed by atoms with Gasteiger partial charge in [0.05, 0.1) is 11.5 Å². The number of aliphatic carboxylic acids is 1. The summed E-state index contributed by atoms with van der Waals surface area (Å²) in [4.78, 5) is 24.8. The maximum absolute atomic E-state index is 12.4. The predicted molar refractivity (Wildman–Crippen MR) is 116 cm³/mol. The standard InChI is InChI=1S/C21H19NO5S2/c1-2-26-17-10-15(8-9-16(17)27-13-14-6-4-3-5-7-14)11-18-20(25)22(12-19(23)24)21(28)29-18/h3-11H,2,12-13H2,1H3,(H,23,24)/b18-11-. The molecule has 1 amide bonds. The van der Waals surface area contributed by atoms with E-state index in [0.717, 1.165) is 27.8 Å². The molecule has 1 fully saturated rings. The Morgan fingerprint density at radius 2 is 1.93 bits per heavy atom. The molecule has 150 valence electrons. The Kier molecular flexibility index (Phi) is 6.90. The molecule has 1 saturated heterocycles. The number of ether oxygens (including phenoxy) is 2. The van der Waals surface area contributed by atoms with Gasteiger partial charge in [-0.1, -0.05) is 60.4 Å². The summed E-state index contributed by atoms with van der Waals surface area (Å²) in [5.74, 6) is -0.352. The third-order valence-corrected chi connectivity index (χ3v) is 5.35. The van der Waals surface area contributed by atoms with E-state index in [4.69, 9.17) is 26.8 Å². The molecule has 29 heavy (non-hydrogen) atoms. The second-order valence-electron chi connectivity index (χ2n) is 6.08. The number of hydrogen-bond donors (Lipinski definition) is 1. The zero-order valence-corrected chi connectivity index (χ0v) is 17.3. The van der Waals surface area contributed by atoms with Crippen molar-refractivity contribution in [3.05, 3.63) is 64.6 Å². The Bertz CT molecular complexity index is 959. The van der Waals surface area contributed by atoms with Gasteiger partial charge in [0, 0.05) is 0 Å². The minimum absolute atomic E-state index is 0.233. The number of nitrogens with zero attached hydrogens (tertiary/aromatic N) is 1. The molecule has 8 heteroatoms. The quantitative estimate of drug-likeness (QED) is 0.503. The number of amides is 1. The Labute approximate surface area is 178 Å². The van der Waals surface area contributed by atoms with Gasteiger partial charge in [-0.3, -0.25) is 14.5 Å². The van der Waals surface area contributed by atoms with Gasteiger partial charge in [0.25, 0.3) is 5.91 Å². The van der Waals surface area contributed by atoms with Gasteiger partial charge in [0.1, 0.15) is 17.5 Å². The second-order valence-corrected chi connectivity index (χ2v) is 7.75. The highest BCUT2D eigenvalue weighted by molar-refractivity contribution is 8.26. The van der Waals surface area contributed by atoms with Crippen LogP contribution in [0.5, 0.6) is 11.5 Å². The van der Waals surface area contributed by atoms with E-state index in [2.05, 4.69) is 0 Å². The zero-order valence-electron chi connectivity index (χ0n) is 15.7. The van der Waals surface area contributed by atoms with Crippen LogP contribution in [0.1, 0.15) is 18.1 Å². The molecular weight excluding hydrogens is 410 g/mol. The summed E-state index contributed by atoms with van der Waals surface area (Å²) < 4.78 is 11.8. The molecule has 2 aromatic rings. The Balaban J connectivity index is 1.79. The first-order valence-corrected chi connectivity index (χ1v) is 10.1. The van der Waals surface area contributed by atoms with Crippen LogP contribution in [0.15, 0.2) is 53.4 Å². The second kappa shape index (κ2) is 9.58. The SMILES string of the molecule is CCOc1cc(/C=C2\SC(=S)N(CC(=O)O)C2=O)ccc1OCc1ccccc1. The normalized spacial score (nSPS) is 15.1. The fourth-order valence-corrected chi connectivity index (χ4v) is 3.92. The molecule has 0 spiro atoms. The van der Waals surface area contributed by atoms with Crippen molar-refractivity contribution in [2.24, 2.45) is 0 Å². The number of rotatable bonds is 8. The lowest BCUT2D eigenvalue weighted by Crippen LogP contribution is -2.33. The van der Waals surface area contributed by atoms with Gasteiger partial charge in [-0.05, 0) is 36.3 Å². The first-order valence-electron chi connectivity index (χ1n) is 8.88. The van der Waals surface area contributed by atoms with E-state index in [-0.39, 0.29) is 4.32 Å². The zero-order chi connectivity index (χ0) is 20.8. The molecule has 6 nitrogen and oxygen atoms in total. The number of carbonyl (C=O) groups excluding carboxylic acids is 1. The smallest absolute Gasteiger partial charge is 0.323 e. The van der Waals surface area contributed by atoms with Crippen LogP contribution < -0.4 is 9.47 Å². The van der Waals surface area contributed by atoms with E-state index in [1.54, 1.807) is 18.2 Å². The average Bonchev–Trinajstić information content (AvgIpc) is 2.95. The maximum atomic E-state index is 12.4. The summed E-state index contributed by atoms with van der Waals surface area (Å²) >= 11 is 6.20. The van der Waals surface area contributed by atoms with E-state index < -0.39 is 18.4 Å². The lowest BCUT2D eigenvalue weighted by atomic mass is 10.1. The van der Waals surface area contributed by atoms with Crippen LogP contribution in [-0.4, -0.2) is 39.4 Å². The van der Waals surface area contributed by atoms with Crippen LogP contribution in [0.2, 0.25) is 0 Å². The fourth-order valence-electron chi connectivity index (χ4n) is 2.66. The third-order valence-electron chi connectivity index (χ3n) is 3.97. The first kappa shape index (κ1) is 20.9. The lowest BCUT2D eigenvalue weighted by Gasteiger charge is -2.13. The van der Waals surface area contributed by atoms with Gasteiger partial charge in [0.2, 0.25) is 0 Å². The number of carboxylic acids is 1. The van der Waals surface area contributed by atoms with Gasteiger partial charge in [-0.2, -0.15) is 0 Å². The monoisotopic (exact) mass is 429 g/mol. The molecule has 0 atom stereocenters. The van der Waals surface area contributed by atoms with E-state index >= 15 is 0 Å².